The van der Waals surface area contributed by atoms with Crippen LogP contribution in [-0.4, -0.2) is 28.1 Å². The highest BCUT2D eigenvalue weighted by Gasteiger charge is 2.17. The second kappa shape index (κ2) is 9.78. The number of hydrogen-bond donors (Lipinski definition) is 2. The van der Waals surface area contributed by atoms with Crippen molar-refractivity contribution < 1.29 is 9.59 Å². The Hall–Kier alpha value is -2.28. The van der Waals surface area contributed by atoms with Crippen molar-refractivity contribution >= 4 is 28.8 Å². The van der Waals surface area contributed by atoms with Crippen LogP contribution in [-0.2, 0) is 6.42 Å². The van der Waals surface area contributed by atoms with Crippen LogP contribution in [0.1, 0.15) is 77.5 Å². The summed E-state index contributed by atoms with van der Waals surface area (Å²) < 4.78 is 0. The number of nitrogens with zero attached hydrogens (tertiary/aromatic N) is 2. The quantitative estimate of drug-likeness (QED) is 0.702. The molecule has 0 unspecified atom stereocenters. The number of hydrogen-bond acceptors (Lipinski definition) is 5. The zero-order chi connectivity index (χ0) is 19.9. The monoisotopic (exact) mass is 400 g/mol. The molecule has 2 amide bonds. The predicted molar refractivity (Wildman–Crippen MR) is 112 cm³/mol. The molecule has 0 bridgehead atoms. The first-order chi connectivity index (χ1) is 13.5. The van der Waals surface area contributed by atoms with Gasteiger partial charge in [0.15, 0.2) is 0 Å². The molecule has 2 aromatic rings. The van der Waals surface area contributed by atoms with Gasteiger partial charge in [0.2, 0.25) is 5.01 Å². The molecule has 1 aromatic carbocycles. The molecule has 150 valence electrons. The van der Waals surface area contributed by atoms with E-state index in [-0.39, 0.29) is 17.9 Å². The van der Waals surface area contributed by atoms with Crippen LogP contribution in [0.2, 0.25) is 0 Å². The zero-order valence-electron chi connectivity index (χ0n) is 16.5. The highest BCUT2D eigenvalue weighted by molar-refractivity contribution is 7.13. The topological polar surface area (TPSA) is 84.0 Å². The SMILES string of the molecule is CC(C)Cc1nnc(C(=O)Nc2cccc(C(=O)NC3CCCCCC3)c2)s1. The minimum absolute atomic E-state index is 0.0851. The Morgan fingerprint density at radius 2 is 1.86 bits per heavy atom. The van der Waals surface area contributed by atoms with Gasteiger partial charge < -0.3 is 10.6 Å². The molecule has 1 aliphatic rings. The third kappa shape index (κ3) is 5.86. The average Bonchev–Trinajstić information content (AvgIpc) is 2.97. The number of aromatic nitrogens is 2. The summed E-state index contributed by atoms with van der Waals surface area (Å²) in [5, 5.41) is 15.2. The van der Waals surface area contributed by atoms with Gasteiger partial charge in [-0.05, 0) is 37.0 Å². The van der Waals surface area contributed by atoms with E-state index < -0.39 is 0 Å². The maximum Gasteiger partial charge on any atom is 0.286 e. The number of nitrogens with one attached hydrogen (secondary N) is 2. The molecule has 2 N–H and O–H groups in total. The fraction of sp³-hybridized carbons (Fsp3) is 0.524. The summed E-state index contributed by atoms with van der Waals surface area (Å²) in [5.41, 5.74) is 1.14. The van der Waals surface area contributed by atoms with Crippen LogP contribution < -0.4 is 10.6 Å². The third-order valence-corrected chi connectivity index (χ3v) is 5.76. The Bertz CT molecular complexity index is 810. The summed E-state index contributed by atoms with van der Waals surface area (Å²) in [6.07, 6.45) is 7.72. The van der Waals surface area contributed by atoms with E-state index in [4.69, 9.17) is 0 Å². The number of anilines is 1. The van der Waals surface area contributed by atoms with Gasteiger partial charge in [0.05, 0.1) is 0 Å². The van der Waals surface area contributed by atoms with Crippen molar-refractivity contribution in [3.8, 4) is 0 Å². The van der Waals surface area contributed by atoms with Gasteiger partial charge >= 0.3 is 0 Å². The van der Waals surface area contributed by atoms with Crippen LogP contribution in [0.25, 0.3) is 0 Å². The number of amides is 2. The van der Waals surface area contributed by atoms with E-state index in [1.54, 1.807) is 24.3 Å². The Morgan fingerprint density at radius 3 is 2.57 bits per heavy atom. The van der Waals surface area contributed by atoms with Crippen molar-refractivity contribution in [3.63, 3.8) is 0 Å². The molecule has 1 aliphatic carbocycles. The van der Waals surface area contributed by atoms with Gasteiger partial charge in [-0.1, -0.05) is 56.9 Å². The van der Waals surface area contributed by atoms with E-state index in [0.717, 1.165) is 24.3 Å². The smallest absolute Gasteiger partial charge is 0.286 e. The van der Waals surface area contributed by atoms with Gasteiger partial charge in [0.25, 0.3) is 11.8 Å². The lowest BCUT2D eigenvalue weighted by molar-refractivity contribution is 0.0932. The molecule has 1 fully saturated rings. The lowest BCUT2D eigenvalue weighted by atomic mass is 10.1. The second-order valence-corrected chi connectivity index (χ2v) is 8.86. The van der Waals surface area contributed by atoms with Gasteiger partial charge in [-0.2, -0.15) is 0 Å². The molecule has 6 nitrogen and oxygen atoms in total. The molecule has 1 aromatic heterocycles. The second-order valence-electron chi connectivity index (χ2n) is 7.80. The van der Waals surface area contributed by atoms with Crippen LogP contribution in [0.5, 0.6) is 0 Å². The van der Waals surface area contributed by atoms with Gasteiger partial charge in [-0.15, -0.1) is 10.2 Å². The first kappa shape index (κ1) is 20.5. The molecule has 0 aliphatic heterocycles. The molecular weight excluding hydrogens is 372 g/mol. The Balaban J connectivity index is 1.61. The molecule has 3 rings (SSSR count). The highest BCUT2D eigenvalue weighted by Crippen LogP contribution is 2.19. The van der Waals surface area contributed by atoms with E-state index in [1.165, 1.54) is 37.0 Å². The number of carbonyl (C=O) groups is 2. The van der Waals surface area contributed by atoms with E-state index in [1.807, 2.05) is 0 Å². The third-order valence-electron chi connectivity index (χ3n) is 4.82. The minimum atomic E-state index is -0.297. The maximum atomic E-state index is 12.6. The fourth-order valence-electron chi connectivity index (χ4n) is 3.39. The van der Waals surface area contributed by atoms with Crippen LogP contribution in [0, 0.1) is 5.92 Å². The number of benzene rings is 1. The van der Waals surface area contributed by atoms with Gasteiger partial charge in [0, 0.05) is 23.7 Å². The molecule has 0 saturated heterocycles. The standard InChI is InChI=1S/C21H28N4O2S/c1-14(2)12-18-24-25-21(28-18)20(27)23-17-11-7-8-15(13-17)19(26)22-16-9-5-3-4-6-10-16/h7-8,11,13-14,16H,3-6,9-10,12H2,1-2H3,(H,22,26)(H,23,27). The summed E-state index contributed by atoms with van der Waals surface area (Å²) in [5.74, 6) is 0.0829. The molecule has 7 heteroatoms. The van der Waals surface area contributed by atoms with Crippen molar-refractivity contribution in [3.05, 3.63) is 39.8 Å². The normalized spacial score (nSPS) is 15.2. The molecule has 1 heterocycles. The molecule has 0 atom stereocenters. The van der Waals surface area contributed by atoms with E-state index in [2.05, 4.69) is 34.7 Å². The molecule has 28 heavy (non-hydrogen) atoms. The first-order valence-electron chi connectivity index (χ1n) is 10.1. The first-order valence-corrected chi connectivity index (χ1v) is 10.9. The van der Waals surface area contributed by atoms with Crippen LogP contribution in [0.4, 0.5) is 5.69 Å². The summed E-state index contributed by atoms with van der Waals surface area (Å²) in [4.78, 5) is 25.0. The molecule has 0 spiro atoms. The largest absolute Gasteiger partial charge is 0.349 e. The lowest BCUT2D eigenvalue weighted by Crippen LogP contribution is -2.34. The van der Waals surface area contributed by atoms with Gasteiger partial charge in [0.1, 0.15) is 5.01 Å². The van der Waals surface area contributed by atoms with E-state index in [9.17, 15) is 9.59 Å². The average molecular weight is 401 g/mol. The van der Waals surface area contributed by atoms with Gasteiger partial charge in [-0.3, -0.25) is 9.59 Å². The van der Waals surface area contributed by atoms with E-state index in [0.29, 0.717) is 22.2 Å². The summed E-state index contributed by atoms with van der Waals surface area (Å²) in [6, 6.07) is 7.28. The Labute approximate surface area is 170 Å². The maximum absolute atomic E-state index is 12.6. The summed E-state index contributed by atoms with van der Waals surface area (Å²) >= 11 is 1.31. The van der Waals surface area contributed by atoms with E-state index >= 15 is 0 Å². The zero-order valence-corrected chi connectivity index (χ0v) is 17.3. The van der Waals surface area contributed by atoms with Crippen LogP contribution >= 0.6 is 11.3 Å². The highest BCUT2D eigenvalue weighted by atomic mass is 32.1. The van der Waals surface area contributed by atoms with Crippen molar-refractivity contribution in [1.82, 2.24) is 15.5 Å². The fourth-order valence-corrected chi connectivity index (χ4v) is 4.34. The number of carbonyl (C=O) groups excluding carboxylic acids is 2. The summed E-state index contributed by atoms with van der Waals surface area (Å²) in [6.45, 7) is 4.21. The van der Waals surface area contributed by atoms with Crippen molar-refractivity contribution in [2.24, 2.45) is 5.92 Å². The van der Waals surface area contributed by atoms with Crippen molar-refractivity contribution in [2.75, 3.05) is 5.32 Å². The van der Waals surface area contributed by atoms with Crippen LogP contribution in [0.15, 0.2) is 24.3 Å². The minimum Gasteiger partial charge on any atom is -0.349 e. The predicted octanol–water partition coefficient (Wildman–Crippen LogP) is 4.44. The Morgan fingerprint density at radius 1 is 1.11 bits per heavy atom. The van der Waals surface area contributed by atoms with Gasteiger partial charge in [-0.25, -0.2) is 0 Å². The number of rotatable bonds is 6. The lowest BCUT2D eigenvalue weighted by Gasteiger charge is -2.16. The molecule has 1 saturated carbocycles. The Kier molecular flexibility index (Phi) is 7.14. The van der Waals surface area contributed by atoms with Crippen LogP contribution in [0.3, 0.4) is 0 Å². The van der Waals surface area contributed by atoms with Crippen molar-refractivity contribution in [2.45, 2.75) is 64.8 Å². The summed E-state index contributed by atoms with van der Waals surface area (Å²) in [7, 11) is 0. The molecule has 0 radical (unpaired) electrons. The van der Waals surface area contributed by atoms with Crippen molar-refractivity contribution in [1.29, 1.82) is 0 Å². The molecular formula is C21H28N4O2S.